The molecule has 21 heavy (non-hydrogen) atoms. The van der Waals surface area contributed by atoms with Gasteiger partial charge in [-0.1, -0.05) is 48.5 Å². The van der Waals surface area contributed by atoms with Crippen LogP contribution in [0.25, 0.3) is 16.9 Å². The van der Waals surface area contributed by atoms with E-state index in [1.165, 1.54) is 0 Å². The fourth-order valence-corrected chi connectivity index (χ4v) is 2.69. The summed E-state index contributed by atoms with van der Waals surface area (Å²) in [4.78, 5) is 11.9. The highest BCUT2D eigenvalue weighted by molar-refractivity contribution is 5.97. The van der Waals surface area contributed by atoms with Gasteiger partial charge in [0.05, 0.1) is 5.69 Å². The summed E-state index contributed by atoms with van der Waals surface area (Å²) in [5.41, 5.74) is 4.98. The van der Waals surface area contributed by atoms with Crippen molar-refractivity contribution >= 4 is 5.78 Å². The van der Waals surface area contributed by atoms with Crippen LogP contribution in [0.3, 0.4) is 0 Å². The molecule has 0 unspecified atom stereocenters. The van der Waals surface area contributed by atoms with E-state index >= 15 is 0 Å². The Kier molecular flexibility index (Phi) is 3.44. The predicted octanol–water partition coefficient (Wildman–Crippen LogP) is 4.66. The maximum atomic E-state index is 11.9. The third kappa shape index (κ3) is 2.40. The van der Waals surface area contributed by atoms with Gasteiger partial charge in [0.1, 0.15) is 0 Å². The minimum absolute atomic E-state index is 0.0966. The normalized spacial score (nSPS) is 10.6. The molecular formula is C19H17NO. The Morgan fingerprint density at radius 3 is 2.05 bits per heavy atom. The van der Waals surface area contributed by atoms with Gasteiger partial charge in [-0.05, 0) is 37.6 Å². The van der Waals surface area contributed by atoms with E-state index in [1.54, 1.807) is 6.92 Å². The highest BCUT2D eigenvalue weighted by Gasteiger charge is 2.16. The van der Waals surface area contributed by atoms with E-state index in [2.05, 4.69) is 28.8 Å². The van der Waals surface area contributed by atoms with E-state index in [0.29, 0.717) is 0 Å². The number of carbonyl (C=O) groups is 1. The molecule has 2 aromatic carbocycles. The van der Waals surface area contributed by atoms with Gasteiger partial charge in [0.25, 0.3) is 0 Å². The summed E-state index contributed by atoms with van der Waals surface area (Å²) >= 11 is 0. The molecule has 0 atom stereocenters. The van der Waals surface area contributed by atoms with Gasteiger partial charge in [-0.3, -0.25) is 4.79 Å². The molecule has 2 nitrogen and oxygen atoms in total. The van der Waals surface area contributed by atoms with Crippen molar-refractivity contribution in [3.8, 4) is 16.9 Å². The number of Topliss-reactive ketones (excluding diaryl/α,β-unsaturated/α-hetero) is 1. The molecule has 0 fully saturated rings. The van der Waals surface area contributed by atoms with Crippen molar-refractivity contribution in [2.24, 2.45) is 0 Å². The Morgan fingerprint density at radius 1 is 0.905 bits per heavy atom. The van der Waals surface area contributed by atoms with E-state index in [0.717, 1.165) is 28.2 Å². The van der Waals surface area contributed by atoms with Gasteiger partial charge < -0.3 is 4.57 Å². The van der Waals surface area contributed by atoms with Crippen LogP contribution < -0.4 is 0 Å². The average Bonchev–Trinajstić information content (AvgIpc) is 2.87. The van der Waals surface area contributed by atoms with Crippen LogP contribution in [-0.4, -0.2) is 10.4 Å². The molecule has 0 aliphatic rings. The van der Waals surface area contributed by atoms with E-state index in [-0.39, 0.29) is 5.78 Å². The lowest BCUT2D eigenvalue weighted by Crippen LogP contribution is -2.01. The van der Waals surface area contributed by atoms with E-state index in [1.807, 2.05) is 49.4 Å². The van der Waals surface area contributed by atoms with Crippen molar-refractivity contribution in [3.05, 3.63) is 78.0 Å². The smallest absolute Gasteiger partial charge is 0.161 e. The van der Waals surface area contributed by atoms with Gasteiger partial charge in [-0.15, -0.1) is 0 Å². The largest absolute Gasteiger partial charge is 0.313 e. The molecule has 0 aliphatic carbocycles. The number of para-hydroxylation sites is 1. The molecule has 3 aromatic rings. The number of ketones is 1. The second-order valence-electron chi connectivity index (χ2n) is 5.12. The number of nitrogens with zero attached hydrogens (tertiary/aromatic N) is 1. The first kappa shape index (κ1) is 13.4. The van der Waals surface area contributed by atoms with Crippen LogP contribution in [0.4, 0.5) is 0 Å². The summed E-state index contributed by atoms with van der Waals surface area (Å²) in [5.74, 6) is 0.0966. The zero-order valence-corrected chi connectivity index (χ0v) is 12.2. The molecule has 0 saturated carbocycles. The van der Waals surface area contributed by atoms with Gasteiger partial charge in [0.15, 0.2) is 5.78 Å². The molecule has 0 N–H and O–H groups in total. The fourth-order valence-electron chi connectivity index (χ4n) is 2.69. The van der Waals surface area contributed by atoms with Crippen LogP contribution in [-0.2, 0) is 0 Å². The van der Waals surface area contributed by atoms with E-state index in [4.69, 9.17) is 0 Å². The first-order valence-corrected chi connectivity index (χ1v) is 7.02. The number of hydrogen-bond donors (Lipinski definition) is 0. The molecule has 0 spiro atoms. The summed E-state index contributed by atoms with van der Waals surface area (Å²) in [7, 11) is 0. The number of aromatic nitrogens is 1. The van der Waals surface area contributed by atoms with E-state index in [9.17, 15) is 4.79 Å². The summed E-state index contributed by atoms with van der Waals surface area (Å²) in [5, 5.41) is 0. The van der Waals surface area contributed by atoms with Crippen LogP contribution in [0.15, 0.2) is 66.7 Å². The quantitative estimate of drug-likeness (QED) is 0.637. The van der Waals surface area contributed by atoms with Crippen LogP contribution in [0.2, 0.25) is 0 Å². The number of rotatable bonds is 3. The molecule has 104 valence electrons. The van der Waals surface area contributed by atoms with Crippen LogP contribution in [0.5, 0.6) is 0 Å². The maximum Gasteiger partial charge on any atom is 0.161 e. The van der Waals surface area contributed by atoms with Crippen molar-refractivity contribution in [3.63, 3.8) is 0 Å². The lowest BCUT2D eigenvalue weighted by molar-refractivity contribution is 0.101. The van der Waals surface area contributed by atoms with Gasteiger partial charge in [-0.25, -0.2) is 0 Å². The number of hydrogen-bond acceptors (Lipinski definition) is 1. The SMILES string of the molecule is CC(=O)c1cc(-c2ccccc2)n(-c2ccccc2)c1C. The lowest BCUT2D eigenvalue weighted by Gasteiger charge is -2.12. The van der Waals surface area contributed by atoms with Crippen LogP contribution in [0.1, 0.15) is 23.0 Å². The van der Waals surface area contributed by atoms with Crippen molar-refractivity contribution in [2.75, 3.05) is 0 Å². The number of benzene rings is 2. The Labute approximate surface area is 124 Å². The standard InChI is InChI=1S/C19H17NO/c1-14-18(15(2)21)13-19(16-9-5-3-6-10-16)20(14)17-11-7-4-8-12-17/h3-13H,1-2H3. The van der Waals surface area contributed by atoms with Gasteiger partial charge in [-0.2, -0.15) is 0 Å². The molecule has 0 saturated heterocycles. The topological polar surface area (TPSA) is 22.0 Å². The molecule has 2 heteroatoms. The highest BCUT2D eigenvalue weighted by Crippen LogP contribution is 2.29. The van der Waals surface area contributed by atoms with Crippen molar-refractivity contribution < 1.29 is 4.79 Å². The first-order valence-electron chi connectivity index (χ1n) is 7.02. The monoisotopic (exact) mass is 275 g/mol. The zero-order valence-electron chi connectivity index (χ0n) is 12.2. The van der Waals surface area contributed by atoms with Crippen LogP contribution >= 0.6 is 0 Å². The third-order valence-electron chi connectivity index (χ3n) is 3.71. The predicted molar refractivity (Wildman–Crippen MR) is 85.9 cm³/mol. The second kappa shape index (κ2) is 5.41. The van der Waals surface area contributed by atoms with Crippen molar-refractivity contribution in [2.45, 2.75) is 13.8 Å². The molecule has 1 aromatic heterocycles. The molecular weight excluding hydrogens is 258 g/mol. The van der Waals surface area contributed by atoms with Crippen molar-refractivity contribution in [1.29, 1.82) is 0 Å². The second-order valence-corrected chi connectivity index (χ2v) is 5.12. The van der Waals surface area contributed by atoms with E-state index < -0.39 is 0 Å². The Morgan fingerprint density at radius 2 is 1.48 bits per heavy atom. The summed E-state index contributed by atoms with van der Waals surface area (Å²) in [6.07, 6.45) is 0. The van der Waals surface area contributed by atoms with Gasteiger partial charge >= 0.3 is 0 Å². The van der Waals surface area contributed by atoms with Gasteiger partial charge in [0, 0.05) is 16.9 Å². The molecule has 1 heterocycles. The van der Waals surface area contributed by atoms with Gasteiger partial charge in [0.2, 0.25) is 0 Å². The summed E-state index contributed by atoms with van der Waals surface area (Å²) < 4.78 is 2.14. The number of carbonyl (C=O) groups excluding carboxylic acids is 1. The molecule has 0 bridgehead atoms. The highest BCUT2D eigenvalue weighted by atomic mass is 16.1. The minimum Gasteiger partial charge on any atom is -0.313 e. The van der Waals surface area contributed by atoms with Crippen molar-refractivity contribution in [1.82, 2.24) is 4.57 Å². The van der Waals surface area contributed by atoms with Crippen LogP contribution in [0, 0.1) is 6.92 Å². The zero-order chi connectivity index (χ0) is 14.8. The average molecular weight is 275 g/mol. The molecule has 0 radical (unpaired) electrons. The maximum absolute atomic E-state index is 11.9. The molecule has 0 aliphatic heterocycles. The molecule has 3 rings (SSSR count). The summed E-state index contributed by atoms with van der Waals surface area (Å²) in [6.45, 7) is 3.61. The Hall–Kier alpha value is -2.61. The Balaban J connectivity index is 2.29. The lowest BCUT2D eigenvalue weighted by atomic mass is 10.1. The summed E-state index contributed by atoms with van der Waals surface area (Å²) in [6, 6.07) is 22.3. The molecule has 0 amide bonds. The minimum atomic E-state index is 0.0966. The third-order valence-corrected chi connectivity index (χ3v) is 3.71. The fraction of sp³-hybridized carbons (Fsp3) is 0.105. The first-order chi connectivity index (χ1) is 10.2. The Bertz CT molecular complexity index is 770.